The topological polar surface area (TPSA) is 38.0 Å². The zero-order valence-corrected chi connectivity index (χ0v) is 10.8. The normalized spacial score (nSPS) is 13.6. The number of hydrogen-bond acceptors (Lipinski definition) is 2. The second kappa shape index (κ2) is 7.11. The summed E-state index contributed by atoms with van der Waals surface area (Å²) in [6, 6.07) is 10.5. The SMILES string of the molecule is CC#CCNC(C)(CN)CCc1ccccc1. The monoisotopic (exact) mass is 230 g/mol. The van der Waals surface area contributed by atoms with Crippen LogP contribution < -0.4 is 11.1 Å². The molecule has 17 heavy (non-hydrogen) atoms. The van der Waals surface area contributed by atoms with Gasteiger partial charge in [0.25, 0.3) is 0 Å². The molecule has 0 fully saturated rings. The highest BCUT2D eigenvalue weighted by molar-refractivity contribution is 5.15. The van der Waals surface area contributed by atoms with Crippen LogP contribution in [0.4, 0.5) is 0 Å². The van der Waals surface area contributed by atoms with Gasteiger partial charge in [0.2, 0.25) is 0 Å². The van der Waals surface area contributed by atoms with Gasteiger partial charge < -0.3 is 5.73 Å². The van der Waals surface area contributed by atoms with Crippen molar-refractivity contribution in [2.45, 2.75) is 32.2 Å². The Morgan fingerprint density at radius 2 is 2.00 bits per heavy atom. The maximum absolute atomic E-state index is 5.84. The number of aryl methyl sites for hydroxylation is 1. The first kappa shape index (κ1) is 13.8. The minimum absolute atomic E-state index is 0.0281. The molecule has 0 amide bonds. The van der Waals surface area contributed by atoms with Crippen LogP contribution in [0.1, 0.15) is 25.8 Å². The van der Waals surface area contributed by atoms with Crippen molar-refractivity contribution in [1.82, 2.24) is 5.32 Å². The Kier molecular flexibility index (Phi) is 5.76. The highest BCUT2D eigenvalue weighted by Crippen LogP contribution is 2.12. The molecule has 0 radical (unpaired) electrons. The van der Waals surface area contributed by atoms with E-state index in [1.165, 1.54) is 5.56 Å². The Balaban J connectivity index is 2.47. The van der Waals surface area contributed by atoms with Gasteiger partial charge >= 0.3 is 0 Å². The van der Waals surface area contributed by atoms with E-state index in [1.54, 1.807) is 0 Å². The molecule has 0 saturated heterocycles. The molecule has 0 aliphatic heterocycles. The Hall–Kier alpha value is -1.30. The van der Waals surface area contributed by atoms with Crippen LogP contribution in [0.5, 0.6) is 0 Å². The molecule has 2 heteroatoms. The molecule has 1 aromatic carbocycles. The molecule has 1 unspecified atom stereocenters. The summed E-state index contributed by atoms with van der Waals surface area (Å²) in [4.78, 5) is 0. The first-order chi connectivity index (χ1) is 8.20. The van der Waals surface area contributed by atoms with Gasteiger partial charge in [0.15, 0.2) is 0 Å². The standard InChI is InChI=1S/C15H22N2/c1-3-4-12-17-15(2,13-16)11-10-14-8-6-5-7-9-14/h5-9,17H,10-13,16H2,1-2H3. The highest BCUT2D eigenvalue weighted by Gasteiger charge is 2.20. The molecule has 0 aliphatic rings. The van der Waals surface area contributed by atoms with Crippen molar-refractivity contribution in [1.29, 1.82) is 0 Å². The van der Waals surface area contributed by atoms with Crippen LogP contribution in [0.15, 0.2) is 30.3 Å². The molecule has 0 aromatic heterocycles. The molecule has 2 nitrogen and oxygen atoms in total. The molecule has 0 aliphatic carbocycles. The van der Waals surface area contributed by atoms with Gasteiger partial charge in [0.1, 0.15) is 0 Å². The smallest absolute Gasteiger partial charge is 0.0580 e. The fraction of sp³-hybridized carbons (Fsp3) is 0.467. The van der Waals surface area contributed by atoms with Crippen molar-refractivity contribution in [3.63, 3.8) is 0 Å². The average Bonchev–Trinajstić information content (AvgIpc) is 2.38. The van der Waals surface area contributed by atoms with E-state index >= 15 is 0 Å². The molecule has 1 aromatic rings. The molecule has 0 bridgehead atoms. The van der Waals surface area contributed by atoms with Crippen molar-refractivity contribution in [3.8, 4) is 11.8 Å². The molecule has 0 heterocycles. The highest BCUT2D eigenvalue weighted by atomic mass is 15.0. The fourth-order valence-corrected chi connectivity index (χ4v) is 1.67. The number of nitrogens with one attached hydrogen (secondary N) is 1. The van der Waals surface area contributed by atoms with Crippen LogP contribution in [-0.2, 0) is 6.42 Å². The lowest BCUT2D eigenvalue weighted by Crippen LogP contribution is -2.49. The van der Waals surface area contributed by atoms with Crippen molar-refractivity contribution in [2.75, 3.05) is 13.1 Å². The first-order valence-electron chi connectivity index (χ1n) is 6.09. The molecule has 1 rings (SSSR count). The van der Waals surface area contributed by atoms with Gasteiger partial charge in [-0.25, -0.2) is 0 Å². The second-order valence-corrected chi connectivity index (χ2v) is 4.53. The van der Waals surface area contributed by atoms with Crippen LogP contribution in [0, 0.1) is 11.8 Å². The van der Waals surface area contributed by atoms with Crippen LogP contribution in [-0.4, -0.2) is 18.6 Å². The average molecular weight is 230 g/mol. The number of rotatable bonds is 6. The lowest BCUT2D eigenvalue weighted by Gasteiger charge is -2.28. The molecule has 1 atom stereocenters. The lowest BCUT2D eigenvalue weighted by molar-refractivity contribution is 0.356. The summed E-state index contributed by atoms with van der Waals surface area (Å²) in [6.45, 7) is 5.35. The minimum atomic E-state index is -0.0281. The van der Waals surface area contributed by atoms with Crippen LogP contribution in [0.2, 0.25) is 0 Å². The van der Waals surface area contributed by atoms with Gasteiger partial charge in [-0.05, 0) is 32.3 Å². The van der Waals surface area contributed by atoms with Gasteiger partial charge in [-0.1, -0.05) is 36.3 Å². The molecule has 0 spiro atoms. The summed E-state index contributed by atoms with van der Waals surface area (Å²) in [5, 5.41) is 3.42. The molecule has 0 saturated carbocycles. The third-order valence-corrected chi connectivity index (χ3v) is 3.04. The molecule has 92 valence electrons. The quantitative estimate of drug-likeness (QED) is 0.733. The van der Waals surface area contributed by atoms with Crippen molar-refractivity contribution in [2.24, 2.45) is 5.73 Å². The number of nitrogens with two attached hydrogens (primary N) is 1. The summed E-state index contributed by atoms with van der Waals surface area (Å²) in [6.07, 6.45) is 2.07. The Labute approximate surface area is 105 Å². The summed E-state index contributed by atoms with van der Waals surface area (Å²) in [5.74, 6) is 5.90. The maximum Gasteiger partial charge on any atom is 0.0580 e. The molecule has 3 N–H and O–H groups in total. The van der Waals surface area contributed by atoms with E-state index in [2.05, 4.69) is 48.3 Å². The van der Waals surface area contributed by atoms with E-state index in [4.69, 9.17) is 5.73 Å². The predicted molar refractivity (Wildman–Crippen MR) is 73.7 cm³/mol. The largest absolute Gasteiger partial charge is 0.329 e. The van der Waals surface area contributed by atoms with Crippen LogP contribution >= 0.6 is 0 Å². The van der Waals surface area contributed by atoms with Crippen LogP contribution in [0.3, 0.4) is 0 Å². The molecular weight excluding hydrogens is 208 g/mol. The van der Waals surface area contributed by atoms with Gasteiger partial charge in [-0.15, -0.1) is 5.92 Å². The van der Waals surface area contributed by atoms with E-state index in [9.17, 15) is 0 Å². The van der Waals surface area contributed by atoms with Gasteiger partial charge in [-0.3, -0.25) is 5.32 Å². The Bertz CT molecular complexity index is 375. The van der Waals surface area contributed by atoms with Gasteiger partial charge in [0, 0.05) is 12.1 Å². The second-order valence-electron chi connectivity index (χ2n) is 4.53. The summed E-state index contributed by atoms with van der Waals surface area (Å²) in [5.41, 5.74) is 7.17. The third-order valence-electron chi connectivity index (χ3n) is 3.04. The van der Waals surface area contributed by atoms with Crippen molar-refractivity contribution in [3.05, 3.63) is 35.9 Å². The first-order valence-corrected chi connectivity index (χ1v) is 6.09. The number of hydrogen-bond donors (Lipinski definition) is 2. The van der Waals surface area contributed by atoms with E-state index in [0.717, 1.165) is 12.8 Å². The van der Waals surface area contributed by atoms with E-state index < -0.39 is 0 Å². The lowest BCUT2D eigenvalue weighted by atomic mass is 9.93. The van der Waals surface area contributed by atoms with Gasteiger partial charge in [-0.2, -0.15) is 0 Å². The van der Waals surface area contributed by atoms with Gasteiger partial charge in [0.05, 0.1) is 6.54 Å². The fourth-order valence-electron chi connectivity index (χ4n) is 1.67. The minimum Gasteiger partial charge on any atom is -0.329 e. The summed E-state index contributed by atoms with van der Waals surface area (Å²) < 4.78 is 0. The van der Waals surface area contributed by atoms with Crippen molar-refractivity contribution >= 4 is 0 Å². The molecular formula is C15H22N2. The number of benzene rings is 1. The van der Waals surface area contributed by atoms with E-state index in [1.807, 2.05) is 13.0 Å². The summed E-state index contributed by atoms with van der Waals surface area (Å²) in [7, 11) is 0. The Morgan fingerprint density at radius 3 is 2.59 bits per heavy atom. The van der Waals surface area contributed by atoms with Crippen LogP contribution in [0.25, 0.3) is 0 Å². The zero-order valence-electron chi connectivity index (χ0n) is 10.8. The zero-order chi connectivity index (χ0) is 12.6. The predicted octanol–water partition coefficient (Wildman–Crippen LogP) is 1.95. The van der Waals surface area contributed by atoms with Crippen molar-refractivity contribution < 1.29 is 0 Å². The van der Waals surface area contributed by atoms with E-state index in [0.29, 0.717) is 13.1 Å². The Morgan fingerprint density at radius 1 is 1.29 bits per heavy atom. The summed E-state index contributed by atoms with van der Waals surface area (Å²) >= 11 is 0. The maximum atomic E-state index is 5.84. The van der Waals surface area contributed by atoms with E-state index in [-0.39, 0.29) is 5.54 Å². The third kappa shape index (κ3) is 5.04.